The molecule has 0 aromatic rings. The standard InChI is InChI=1S/C30H58O9/c1-13-21(5)36-23(7)19-34-27(31)29(11,15-3)38-25(9)17-33-18-26(10)39-30(12,16-4)28(32)35-20-24(8)37-22(6)14-2/h21-26H,13-20H2,1-12H3. The molecule has 0 saturated carbocycles. The maximum Gasteiger partial charge on any atom is 0.338 e. The highest BCUT2D eigenvalue weighted by Gasteiger charge is 2.38. The van der Waals surface area contributed by atoms with E-state index in [2.05, 4.69) is 0 Å². The molecule has 0 aromatic carbocycles. The van der Waals surface area contributed by atoms with Crippen LogP contribution < -0.4 is 0 Å². The lowest BCUT2D eigenvalue weighted by molar-refractivity contribution is -0.190. The van der Waals surface area contributed by atoms with Gasteiger partial charge in [0.2, 0.25) is 0 Å². The lowest BCUT2D eigenvalue weighted by Gasteiger charge is -2.32. The third-order valence-corrected chi connectivity index (χ3v) is 6.82. The van der Waals surface area contributed by atoms with Gasteiger partial charge in [0.15, 0.2) is 11.2 Å². The molecule has 0 fully saturated rings. The number of ether oxygens (including phenoxy) is 7. The summed E-state index contributed by atoms with van der Waals surface area (Å²) >= 11 is 0. The van der Waals surface area contributed by atoms with Gasteiger partial charge in [0, 0.05) is 0 Å². The molecule has 0 N–H and O–H groups in total. The first-order chi connectivity index (χ1) is 18.2. The van der Waals surface area contributed by atoms with Crippen LogP contribution in [0.1, 0.15) is 109 Å². The van der Waals surface area contributed by atoms with E-state index in [1.165, 1.54) is 0 Å². The Labute approximate surface area is 237 Å². The second kappa shape index (κ2) is 19.0. The highest BCUT2D eigenvalue weighted by molar-refractivity contribution is 5.79. The number of hydrogen-bond acceptors (Lipinski definition) is 9. The van der Waals surface area contributed by atoms with Crippen molar-refractivity contribution in [3.05, 3.63) is 0 Å². The number of hydrogen-bond donors (Lipinski definition) is 0. The summed E-state index contributed by atoms with van der Waals surface area (Å²) in [5.74, 6) is -0.844. The first-order valence-corrected chi connectivity index (χ1v) is 14.7. The number of carbonyl (C=O) groups excluding carboxylic acids is 2. The van der Waals surface area contributed by atoms with E-state index in [9.17, 15) is 9.59 Å². The molecule has 8 atom stereocenters. The molecule has 0 bridgehead atoms. The molecule has 0 aliphatic heterocycles. The van der Waals surface area contributed by atoms with E-state index < -0.39 is 23.1 Å². The predicted octanol–water partition coefficient (Wildman–Crippen LogP) is 5.64. The van der Waals surface area contributed by atoms with Gasteiger partial charge in [-0.1, -0.05) is 27.7 Å². The Morgan fingerprint density at radius 3 is 1.15 bits per heavy atom. The molecule has 8 unspecified atom stereocenters. The van der Waals surface area contributed by atoms with E-state index in [1.807, 2.05) is 69.2 Å². The van der Waals surface area contributed by atoms with Gasteiger partial charge in [-0.2, -0.15) is 0 Å². The van der Waals surface area contributed by atoms with Crippen LogP contribution >= 0.6 is 0 Å². The molecule has 0 rings (SSSR count). The van der Waals surface area contributed by atoms with E-state index in [0.717, 1.165) is 12.8 Å². The lowest BCUT2D eigenvalue weighted by Crippen LogP contribution is -2.45. The monoisotopic (exact) mass is 562 g/mol. The fourth-order valence-electron chi connectivity index (χ4n) is 3.66. The van der Waals surface area contributed by atoms with Crippen LogP contribution in [0.4, 0.5) is 0 Å². The van der Waals surface area contributed by atoms with Gasteiger partial charge in [-0.3, -0.25) is 0 Å². The van der Waals surface area contributed by atoms with Crippen molar-refractivity contribution in [1.29, 1.82) is 0 Å². The summed E-state index contributed by atoms with van der Waals surface area (Å²) in [5, 5.41) is 0. The molecule has 0 spiro atoms. The Balaban J connectivity index is 4.66. The van der Waals surface area contributed by atoms with Crippen molar-refractivity contribution < 1.29 is 42.7 Å². The zero-order valence-electron chi connectivity index (χ0n) is 26.8. The average Bonchev–Trinajstić information content (AvgIpc) is 2.89. The molecule has 0 amide bonds. The number of carbonyl (C=O) groups is 2. The van der Waals surface area contributed by atoms with Crippen LogP contribution in [0.2, 0.25) is 0 Å². The Bertz CT molecular complexity index is 631. The SMILES string of the molecule is CCC(C)OC(C)COC(=O)C(C)(CC)OC(C)COCC(C)OC(C)(CC)C(=O)OCC(C)OC(C)CC. The molecule has 0 heterocycles. The second-order valence-corrected chi connectivity index (χ2v) is 11.1. The molecule has 0 aromatic heterocycles. The highest BCUT2D eigenvalue weighted by Crippen LogP contribution is 2.22. The van der Waals surface area contributed by atoms with E-state index in [1.54, 1.807) is 13.8 Å². The van der Waals surface area contributed by atoms with Gasteiger partial charge >= 0.3 is 11.9 Å². The molecule has 0 saturated heterocycles. The molecule has 0 radical (unpaired) electrons. The smallest absolute Gasteiger partial charge is 0.338 e. The highest BCUT2D eigenvalue weighted by atomic mass is 16.6. The van der Waals surface area contributed by atoms with Gasteiger partial charge in [0.05, 0.1) is 49.8 Å². The van der Waals surface area contributed by atoms with Gasteiger partial charge in [-0.15, -0.1) is 0 Å². The third kappa shape index (κ3) is 14.8. The van der Waals surface area contributed by atoms with E-state index in [-0.39, 0.29) is 63.1 Å². The first kappa shape index (κ1) is 37.7. The minimum atomic E-state index is -1.10. The van der Waals surface area contributed by atoms with Gasteiger partial charge in [0.25, 0.3) is 0 Å². The maximum atomic E-state index is 12.8. The van der Waals surface area contributed by atoms with E-state index in [4.69, 9.17) is 33.2 Å². The summed E-state index contributed by atoms with van der Waals surface area (Å²) in [6.45, 7) is 23.6. The topological polar surface area (TPSA) is 98.8 Å². The van der Waals surface area contributed by atoms with Crippen LogP contribution in [0, 0.1) is 0 Å². The van der Waals surface area contributed by atoms with Crippen LogP contribution in [-0.4, -0.2) is 86.2 Å². The molecular weight excluding hydrogens is 504 g/mol. The lowest BCUT2D eigenvalue weighted by atomic mass is 10.0. The van der Waals surface area contributed by atoms with Crippen molar-refractivity contribution in [2.45, 2.75) is 157 Å². The summed E-state index contributed by atoms with van der Waals surface area (Å²) in [7, 11) is 0. The summed E-state index contributed by atoms with van der Waals surface area (Å²) in [4.78, 5) is 25.5. The second-order valence-electron chi connectivity index (χ2n) is 11.1. The van der Waals surface area contributed by atoms with Crippen LogP contribution in [0.3, 0.4) is 0 Å². The minimum Gasteiger partial charge on any atom is -0.461 e. The zero-order valence-corrected chi connectivity index (χ0v) is 26.8. The van der Waals surface area contributed by atoms with Crippen LogP contribution in [0.25, 0.3) is 0 Å². The molecule has 9 nitrogen and oxygen atoms in total. The fourth-order valence-corrected chi connectivity index (χ4v) is 3.66. The molecular formula is C30H58O9. The Hall–Kier alpha value is -1.26. The summed E-state index contributed by atoms with van der Waals surface area (Å²) in [6, 6.07) is 0. The predicted molar refractivity (Wildman–Crippen MR) is 152 cm³/mol. The summed E-state index contributed by atoms with van der Waals surface area (Å²) in [5.41, 5.74) is -2.19. The van der Waals surface area contributed by atoms with Crippen LogP contribution in [-0.2, 0) is 42.7 Å². The Morgan fingerprint density at radius 2 is 0.872 bits per heavy atom. The normalized spacial score (nSPS) is 19.6. The van der Waals surface area contributed by atoms with Crippen molar-refractivity contribution in [1.82, 2.24) is 0 Å². The quantitative estimate of drug-likeness (QED) is 0.155. The van der Waals surface area contributed by atoms with Crippen molar-refractivity contribution in [2.75, 3.05) is 26.4 Å². The van der Waals surface area contributed by atoms with Crippen molar-refractivity contribution >= 4 is 11.9 Å². The first-order valence-electron chi connectivity index (χ1n) is 14.7. The molecule has 39 heavy (non-hydrogen) atoms. The van der Waals surface area contributed by atoms with Gasteiger partial charge < -0.3 is 33.2 Å². The number of esters is 2. The van der Waals surface area contributed by atoms with Crippen LogP contribution in [0.15, 0.2) is 0 Å². The Morgan fingerprint density at radius 1 is 0.538 bits per heavy atom. The fraction of sp³-hybridized carbons (Fsp3) is 0.933. The van der Waals surface area contributed by atoms with Crippen molar-refractivity contribution in [3.63, 3.8) is 0 Å². The van der Waals surface area contributed by atoms with Crippen LogP contribution in [0.5, 0.6) is 0 Å². The molecule has 232 valence electrons. The molecule has 0 aliphatic rings. The Kier molecular flexibility index (Phi) is 18.4. The summed E-state index contributed by atoms with van der Waals surface area (Å²) < 4.78 is 40.4. The largest absolute Gasteiger partial charge is 0.461 e. The molecule has 9 heteroatoms. The van der Waals surface area contributed by atoms with Gasteiger partial charge in [-0.25, -0.2) is 9.59 Å². The maximum absolute atomic E-state index is 12.8. The number of rotatable bonds is 22. The molecule has 0 aliphatic carbocycles. The third-order valence-electron chi connectivity index (χ3n) is 6.82. The zero-order chi connectivity index (χ0) is 30.2. The van der Waals surface area contributed by atoms with E-state index >= 15 is 0 Å². The summed E-state index contributed by atoms with van der Waals surface area (Å²) in [6.07, 6.45) is 1.79. The van der Waals surface area contributed by atoms with E-state index in [0.29, 0.717) is 12.8 Å². The van der Waals surface area contributed by atoms with Crippen molar-refractivity contribution in [2.24, 2.45) is 0 Å². The van der Waals surface area contributed by atoms with Gasteiger partial charge in [0.1, 0.15) is 13.2 Å². The van der Waals surface area contributed by atoms with Gasteiger partial charge in [-0.05, 0) is 81.1 Å². The minimum absolute atomic E-state index is 0.106. The average molecular weight is 563 g/mol. The van der Waals surface area contributed by atoms with Crippen molar-refractivity contribution in [3.8, 4) is 0 Å².